The number of aryl methyl sites for hydroxylation is 1. The molecule has 0 saturated heterocycles. The first-order chi connectivity index (χ1) is 13.9. The number of benzene rings is 2. The monoisotopic (exact) mass is 409 g/mol. The van der Waals surface area contributed by atoms with Crippen LogP contribution < -0.4 is 10.1 Å². The molecule has 1 N–H and O–H groups in total. The van der Waals surface area contributed by atoms with Crippen molar-refractivity contribution in [3.8, 4) is 11.5 Å². The number of rotatable bonds is 5. The Hall–Kier alpha value is -3.38. The molecule has 0 fully saturated rings. The van der Waals surface area contributed by atoms with Gasteiger partial charge in [-0.1, -0.05) is 35.9 Å². The fourth-order valence-corrected chi connectivity index (χ4v) is 2.82. The number of halogens is 1. The van der Waals surface area contributed by atoms with Crippen molar-refractivity contribution in [2.75, 3.05) is 19.4 Å². The summed E-state index contributed by atoms with van der Waals surface area (Å²) in [4.78, 5) is 30.5. The summed E-state index contributed by atoms with van der Waals surface area (Å²) in [5.41, 5.74) is 1.60. The van der Waals surface area contributed by atoms with Crippen LogP contribution in [0.25, 0.3) is 0 Å². The highest BCUT2D eigenvalue weighted by atomic mass is 35.5. The van der Waals surface area contributed by atoms with Crippen molar-refractivity contribution in [1.29, 1.82) is 0 Å². The average molecular weight is 410 g/mol. The number of pyridine rings is 1. The van der Waals surface area contributed by atoms with Crippen molar-refractivity contribution in [2.24, 2.45) is 0 Å². The van der Waals surface area contributed by atoms with Gasteiger partial charge in [-0.15, -0.1) is 0 Å². The Morgan fingerprint density at radius 2 is 1.62 bits per heavy atom. The van der Waals surface area contributed by atoms with Gasteiger partial charge in [0.05, 0.1) is 22.0 Å². The highest BCUT2D eigenvalue weighted by Crippen LogP contribution is 2.33. The number of aromatic nitrogens is 1. The quantitative estimate of drug-likeness (QED) is 0.657. The van der Waals surface area contributed by atoms with Gasteiger partial charge in [0, 0.05) is 14.1 Å². The number of hydrogen-bond donors (Lipinski definition) is 1. The van der Waals surface area contributed by atoms with Gasteiger partial charge in [-0.05, 0) is 43.3 Å². The first kappa shape index (κ1) is 20.4. The highest BCUT2D eigenvalue weighted by Gasteiger charge is 2.17. The molecule has 29 heavy (non-hydrogen) atoms. The van der Waals surface area contributed by atoms with Gasteiger partial charge < -0.3 is 15.0 Å². The Kier molecular flexibility index (Phi) is 6.14. The van der Waals surface area contributed by atoms with Gasteiger partial charge in [0.1, 0.15) is 11.4 Å². The second-order valence-electron chi connectivity index (χ2n) is 6.51. The third-order valence-corrected chi connectivity index (χ3v) is 4.46. The van der Waals surface area contributed by atoms with Crippen LogP contribution in [0.3, 0.4) is 0 Å². The zero-order chi connectivity index (χ0) is 21.0. The topological polar surface area (TPSA) is 71.5 Å². The maximum Gasteiger partial charge on any atom is 0.271 e. The minimum atomic E-state index is -0.353. The van der Waals surface area contributed by atoms with E-state index in [-0.39, 0.29) is 17.5 Å². The van der Waals surface area contributed by atoms with E-state index in [9.17, 15) is 9.59 Å². The molecular weight excluding hydrogens is 390 g/mol. The summed E-state index contributed by atoms with van der Waals surface area (Å²) in [6.07, 6.45) is 0. The molecule has 6 nitrogen and oxygen atoms in total. The fraction of sp³-hybridized carbons (Fsp3) is 0.136. The second kappa shape index (κ2) is 8.75. The number of ether oxygens (including phenoxy) is 1. The first-order valence-corrected chi connectivity index (χ1v) is 9.26. The normalized spacial score (nSPS) is 10.3. The van der Waals surface area contributed by atoms with Crippen LogP contribution in [0.4, 0.5) is 5.69 Å². The van der Waals surface area contributed by atoms with E-state index < -0.39 is 0 Å². The predicted octanol–water partition coefficient (Wildman–Crippen LogP) is 4.79. The van der Waals surface area contributed by atoms with Crippen LogP contribution in [0.2, 0.25) is 5.02 Å². The Balaban J connectivity index is 1.83. The molecule has 148 valence electrons. The standard InChI is InChI=1S/C22H20ClN3O3/c1-14-15(12-13-18(24-14)22(28)26(2)3)21(27)25-17-9-5-7-11-20(17)29-19-10-6-4-8-16(19)23/h4-13H,1-3H3,(H,25,27). The highest BCUT2D eigenvalue weighted by molar-refractivity contribution is 6.32. The molecule has 7 heteroatoms. The summed E-state index contributed by atoms with van der Waals surface area (Å²) in [7, 11) is 3.30. The largest absolute Gasteiger partial charge is 0.454 e. The SMILES string of the molecule is Cc1nc(C(=O)N(C)C)ccc1C(=O)Nc1ccccc1Oc1ccccc1Cl. The van der Waals surface area contributed by atoms with Crippen LogP contribution in [0.5, 0.6) is 11.5 Å². The maximum atomic E-state index is 12.8. The third kappa shape index (κ3) is 4.73. The van der Waals surface area contributed by atoms with Gasteiger partial charge in [-0.2, -0.15) is 0 Å². The summed E-state index contributed by atoms with van der Waals surface area (Å²) in [5, 5.41) is 3.30. The molecule has 2 aromatic carbocycles. The van der Waals surface area contributed by atoms with E-state index >= 15 is 0 Å². The molecule has 2 amide bonds. The molecule has 0 aliphatic rings. The van der Waals surface area contributed by atoms with Gasteiger partial charge in [-0.3, -0.25) is 9.59 Å². The number of para-hydroxylation sites is 3. The molecule has 0 aliphatic carbocycles. The average Bonchev–Trinajstić information content (AvgIpc) is 2.70. The van der Waals surface area contributed by atoms with Crippen LogP contribution in [0.15, 0.2) is 60.7 Å². The molecule has 3 rings (SSSR count). The van der Waals surface area contributed by atoms with Crippen LogP contribution in [0, 0.1) is 6.92 Å². The van der Waals surface area contributed by atoms with Gasteiger partial charge in [0.2, 0.25) is 0 Å². The summed E-state index contributed by atoms with van der Waals surface area (Å²) < 4.78 is 5.87. The molecule has 1 aromatic heterocycles. The van der Waals surface area contributed by atoms with Gasteiger partial charge in [0.15, 0.2) is 5.75 Å². The number of nitrogens with zero attached hydrogens (tertiary/aromatic N) is 2. The minimum Gasteiger partial charge on any atom is -0.454 e. The van der Waals surface area contributed by atoms with E-state index in [4.69, 9.17) is 16.3 Å². The Bertz CT molecular complexity index is 1070. The summed E-state index contributed by atoms with van der Waals surface area (Å²) in [6, 6.07) is 17.3. The van der Waals surface area contributed by atoms with Crippen LogP contribution in [-0.4, -0.2) is 35.8 Å². The summed E-state index contributed by atoms with van der Waals surface area (Å²) >= 11 is 6.16. The van der Waals surface area contributed by atoms with E-state index in [0.717, 1.165) is 0 Å². The first-order valence-electron chi connectivity index (χ1n) is 8.89. The lowest BCUT2D eigenvalue weighted by atomic mass is 10.1. The number of carbonyl (C=O) groups is 2. The Labute approximate surface area is 174 Å². The maximum absolute atomic E-state index is 12.8. The zero-order valence-electron chi connectivity index (χ0n) is 16.3. The number of amides is 2. The van der Waals surface area contributed by atoms with E-state index in [1.54, 1.807) is 63.5 Å². The summed E-state index contributed by atoms with van der Waals surface area (Å²) in [5.74, 6) is 0.367. The van der Waals surface area contributed by atoms with Crippen molar-refractivity contribution in [3.63, 3.8) is 0 Å². The number of anilines is 1. The van der Waals surface area contributed by atoms with E-state index in [1.807, 2.05) is 12.1 Å². The van der Waals surface area contributed by atoms with Crippen molar-refractivity contribution in [2.45, 2.75) is 6.92 Å². The Morgan fingerprint density at radius 3 is 2.28 bits per heavy atom. The lowest BCUT2D eigenvalue weighted by Crippen LogP contribution is -2.23. The molecule has 3 aromatic rings. The van der Waals surface area contributed by atoms with Crippen LogP contribution >= 0.6 is 11.6 Å². The van der Waals surface area contributed by atoms with E-state index in [2.05, 4.69) is 10.3 Å². The predicted molar refractivity (Wildman–Crippen MR) is 113 cm³/mol. The van der Waals surface area contributed by atoms with Crippen molar-refractivity contribution < 1.29 is 14.3 Å². The molecule has 0 saturated carbocycles. The van der Waals surface area contributed by atoms with Gasteiger partial charge in [0.25, 0.3) is 11.8 Å². The Morgan fingerprint density at radius 1 is 0.966 bits per heavy atom. The van der Waals surface area contributed by atoms with E-state index in [1.165, 1.54) is 11.0 Å². The molecule has 0 atom stereocenters. The molecular formula is C22H20ClN3O3. The molecule has 0 bridgehead atoms. The minimum absolute atomic E-state index is 0.224. The number of nitrogens with one attached hydrogen (secondary N) is 1. The van der Waals surface area contributed by atoms with Gasteiger partial charge in [-0.25, -0.2) is 4.98 Å². The second-order valence-corrected chi connectivity index (χ2v) is 6.92. The van der Waals surface area contributed by atoms with Crippen molar-refractivity contribution in [1.82, 2.24) is 9.88 Å². The van der Waals surface area contributed by atoms with E-state index in [0.29, 0.717) is 33.5 Å². The lowest BCUT2D eigenvalue weighted by Gasteiger charge is -2.14. The summed E-state index contributed by atoms with van der Waals surface area (Å²) in [6.45, 7) is 1.69. The smallest absolute Gasteiger partial charge is 0.271 e. The fourth-order valence-electron chi connectivity index (χ4n) is 2.64. The van der Waals surface area contributed by atoms with Crippen molar-refractivity contribution in [3.05, 3.63) is 82.6 Å². The van der Waals surface area contributed by atoms with Crippen LogP contribution in [0.1, 0.15) is 26.5 Å². The van der Waals surface area contributed by atoms with Crippen LogP contribution in [-0.2, 0) is 0 Å². The number of carbonyl (C=O) groups excluding carboxylic acids is 2. The molecule has 0 aliphatic heterocycles. The van der Waals surface area contributed by atoms with Crippen molar-refractivity contribution >= 4 is 29.1 Å². The van der Waals surface area contributed by atoms with Gasteiger partial charge >= 0.3 is 0 Å². The molecule has 0 radical (unpaired) electrons. The molecule has 1 heterocycles. The lowest BCUT2D eigenvalue weighted by molar-refractivity contribution is 0.0821. The third-order valence-electron chi connectivity index (χ3n) is 4.15. The number of hydrogen-bond acceptors (Lipinski definition) is 4. The molecule has 0 spiro atoms. The zero-order valence-corrected chi connectivity index (χ0v) is 17.0. The molecule has 0 unspecified atom stereocenters.